The Kier molecular flexibility index (Phi) is 2.40. The summed E-state index contributed by atoms with van der Waals surface area (Å²) >= 11 is 0. The van der Waals surface area contributed by atoms with E-state index in [0.717, 1.165) is 34.7 Å². The largest absolute Gasteiger partial charge is 0.445 e. The topological polar surface area (TPSA) is 54.7 Å². The zero-order valence-electron chi connectivity index (χ0n) is 9.60. The lowest BCUT2D eigenvalue weighted by atomic mass is 10.0. The molecule has 0 bridgehead atoms. The third-order valence-electron chi connectivity index (χ3n) is 2.93. The van der Waals surface area contributed by atoms with Crippen LogP contribution in [0.25, 0.3) is 11.6 Å². The summed E-state index contributed by atoms with van der Waals surface area (Å²) in [6.07, 6.45) is 11.4. The molecule has 0 aliphatic heterocycles. The van der Waals surface area contributed by atoms with E-state index in [1.165, 1.54) is 0 Å². The van der Waals surface area contributed by atoms with Crippen LogP contribution in [0.5, 0.6) is 0 Å². The Morgan fingerprint density at radius 2 is 2.35 bits per heavy atom. The lowest BCUT2D eigenvalue weighted by Gasteiger charge is -2.02. The van der Waals surface area contributed by atoms with E-state index in [1.807, 2.05) is 13.0 Å². The molecular weight excluding hydrogens is 214 g/mol. The molecular formula is C13H13N3O. The highest BCUT2D eigenvalue weighted by molar-refractivity contribution is 5.60. The van der Waals surface area contributed by atoms with Crippen molar-refractivity contribution in [1.82, 2.24) is 15.2 Å². The SMILES string of the molecule is Cc1n[nH]c2c1=C(c1ncco1)CCC=CC=2. The Morgan fingerprint density at radius 3 is 3.18 bits per heavy atom. The van der Waals surface area contributed by atoms with Gasteiger partial charge in [0.05, 0.1) is 17.2 Å². The molecule has 1 aliphatic carbocycles. The summed E-state index contributed by atoms with van der Waals surface area (Å²) in [7, 11) is 0. The van der Waals surface area contributed by atoms with Crippen molar-refractivity contribution in [2.24, 2.45) is 0 Å². The van der Waals surface area contributed by atoms with E-state index >= 15 is 0 Å². The van der Waals surface area contributed by atoms with Crippen LogP contribution in [0.1, 0.15) is 24.4 Å². The van der Waals surface area contributed by atoms with Crippen LogP contribution in [-0.2, 0) is 0 Å². The number of allylic oxidation sites excluding steroid dienone is 2. The number of aromatic nitrogens is 3. The monoisotopic (exact) mass is 227 g/mol. The second-order valence-electron chi connectivity index (χ2n) is 4.05. The lowest BCUT2D eigenvalue weighted by molar-refractivity contribution is 0.538. The van der Waals surface area contributed by atoms with Gasteiger partial charge in [-0.15, -0.1) is 0 Å². The molecule has 4 heteroatoms. The molecule has 0 radical (unpaired) electrons. The number of oxazole rings is 1. The number of hydrogen-bond donors (Lipinski definition) is 1. The highest BCUT2D eigenvalue weighted by Gasteiger charge is 2.11. The minimum Gasteiger partial charge on any atom is -0.445 e. The number of nitrogens with zero attached hydrogens (tertiary/aromatic N) is 2. The molecule has 0 amide bonds. The molecule has 0 aromatic carbocycles. The van der Waals surface area contributed by atoms with Gasteiger partial charge in [0.1, 0.15) is 6.26 Å². The molecule has 0 saturated heterocycles. The summed E-state index contributed by atoms with van der Waals surface area (Å²) in [5, 5.41) is 9.44. The fraction of sp³-hybridized carbons (Fsp3) is 0.231. The van der Waals surface area contributed by atoms with Gasteiger partial charge in [0.15, 0.2) is 0 Å². The van der Waals surface area contributed by atoms with E-state index in [-0.39, 0.29) is 0 Å². The van der Waals surface area contributed by atoms with Crippen molar-refractivity contribution in [1.29, 1.82) is 0 Å². The van der Waals surface area contributed by atoms with E-state index in [4.69, 9.17) is 4.42 Å². The third-order valence-corrected chi connectivity index (χ3v) is 2.93. The zero-order valence-corrected chi connectivity index (χ0v) is 9.60. The van der Waals surface area contributed by atoms with Crippen molar-refractivity contribution in [3.05, 3.63) is 46.8 Å². The quantitative estimate of drug-likeness (QED) is 0.791. The molecule has 0 fully saturated rings. The molecule has 2 aromatic rings. The van der Waals surface area contributed by atoms with Gasteiger partial charge in [-0.2, -0.15) is 5.10 Å². The minimum atomic E-state index is 0.694. The molecule has 86 valence electrons. The van der Waals surface area contributed by atoms with E-state index < -0.39 is 0 Å². The van der Waals surface area contributed by atoms with Crippen molar-refractivity contribution in [2.45, 2.75) is 19.8 Å². The molecule has 0 unspecified atom stereocenters. The van der Waals surface area contributed by atoms with E-state index in [1.54, 1.807) is 12.5 Å². The maximum absolute atomic E-state index is 5.42. The van der Waals surface area contributed by atoms with Gasteiger partial charge in [0.25, 0.3) is 0 Å². The van der Waals surface area contributed by atoms with Gasteiger partial charge in [-0.05, 0) is 25.8 Å². The van der Waals surface area contributed by atoms with Crippen LogP contribution in [-0.4, -0.2) is 15.2 Å². The predicted octanol–water partition coefficient (Wildman–Crippen LogP) is 1.04. The van der Waals surface area contributed by atoms with Gasteiger partial charge in [-0.25, -0.2) is 4.98 Å². The van der Waals surface area contributed by atoms with Crippen LogP contribution in [0.15, 0.2) is 29.0 Å². The predicted molar refractivity (Wildman–Crippen MR) is 64.4 cm³/mol. The maximum Gasteiger partial charge on any atom is 0.222 e. The van der Waals surface area contributed by atoms with Gasteiger partial charge in [0, 0.05) is 10.8 Å². The van der Waals surface area contributed by atoms with Crippen LogP contribution in [0, 0.1) is 6.92 Å². The average Bonchev–Trinajstić information content (AvgIpc) is 2.90. The lowest BCUT2D eigenvalue weighted by Crippen LogP contribution is -2.27. The highest BCUT2D eigenvalue weighted by atomic mass is 16.3. The summed E-state index contributed by atoms with van der Waals surface area (Å²) < 4.78 is 5.42. The van der Waals surface area contributed by atoms with Gasteiger partial charge in [-0.3, -0.25) is 5.10 Å². The number of fused-ring (bicyclic) bond motifs is 1. The van der Waals surface area contributed by atoms with E-state index in [9.17, 15) is 0 Å². The van der Waals surface area contributed by atoms with Crippen molar-refractivity contribution in [2.75, 3.05) is 0 Å². The van der Waals surface area contributed by atoms with Gasteiger partial charge in [-0.1, -0.05) is 12.2 Å². The number of rotatable bonds is 1. The second-order valence-corrected chi connectivity index (χ2v) is 4.05. The first-order chi connectivity index (χ1) is 8.36. The molecule has 1 aliphatic rings. The molecule has 4 nitrogen and oxygen atoms in total. The Bertz CT molecular complexity index is 662. The van der Waals surface area contributed by atoms with Crippen molar-refractivity contribution >= 4 is 11.6 Å². The first kappa shape index (κ1) is 10.1. The van der Waals surface area contributed by atoms with Crippen LogP contribution in [0.3, 0.4) is 0 Å². The van der Waals surface area contributed by atoms with Crippen molar-refractivity contribution < 1.29 is 4.42 Å². The molecule has 1 N–H and O–H groups in total. The van der Waals surface area contributed by atoms with Crippen LogP contribution < -0.4 is 10.6 Å². The summed E-state index contributed by atoms with van der Waals surface area (Å²) in [6, 6.07) is 0. The molecule has 0 spiro atoms. The molecule has 2 aromatic heterocycles. The highest BCUT2D eigenvalue weighted by Crippen LogP contribution is 2.15. The zero-order chi connectivity index (χ0) is 11.7. The summed E-state index contributed by atoms with van der Waals surface area (Å²) in [5.74, 6) is 0.694. The first-order valence-electron chi connectivity index (χ1n) is 5.67. The summed E-state index contributed by atoms with van der Waals surface area (Å²) in [5.41, 5.74) is 2.11. The third kappa shape index (κ3) is 1.71. The molecule has 0 atom stereocenters. The van der Waals surface area contributed by atoms with Crippen molar-refractivity contribution in [3.8, 4) is 0 Å². The smallest absolute Gasteiger partial charge is 0.222 e. The Morgan fingerprint density at radius 1 is 1.41 bits per heavy atom. The summed E-state index contributed by atoms with van der Waals surface area (Å²) in [6.45, 7) is 2.00. The number of aryl methyl sites for hydroxylation is 1. The van der Waals surface area contributed by atoms with Crippen LogP contribution >= 0.6 is 0 Å². The van der Waals surface area contributed by atoms with E-state index in [0.29, 0.717) is 5.89 Å². The average molecular weight is 227 g/mol. The van der Waals surface area contributed by atoms with Gasteiger partial charge in [0.2, 0.25) is 5.89 Å². The fourth-order valence-electron chi connectivity index (χ4n) is 2.15. The second kappa shape index (κ2) is 4.05. The Hall–Kier alpha value is -2.10. The number of aromatic amines is 1. The van der Waals surface area contributed by atoms with E-state index in [2.05, 4.69) is 27.3 Å². The Balaban J connectivity index is 2.39. The minimum absolute atomic E-state index is 0.694. The summed E-state index contributed by atoms with van der Waals surface area (Å²) in [4.78, 5) is 4.25. The molecule has 17 heavy (non-hydrogen) atoms. The molecule has 3 rings (SSSR count). The first-order valence-corrected chi connectivity index (χ1v) is 5.67. The maximum atomic E-state index is 5.42. The fourth-order valence-corrected chi connectivity index (χ4v) is 2.15. The van der Waals surface area contributed by atoms with Crippen LogP contribution in [0.2, 0.25) is 0 Å². The van der Waals surface area contributed by atoms with Crippen LogP contribution in [0.4, 0.5) is 0 Å². The molecule has 2 heterocycles. The van der Waals surface area contributed by atoms with Crippen molar-refractivity contribution in [3.63, 3.8) is 0 Å². The Labute approximate surface area is 98.4 Å². The molecule has 0 saturated carbocycles. The normalized spacial score (nSPS) is 15.0. The number of H-pyrrole nitrogens is 1. The number of hydrogen-bond acceptors (Lipinski definition) is 3. The standard InChI is InChI=1S/C13H13N3O/c1-9-12-10(13-14-7-8-17-13)5-3-2-4-6-11(12)16-15-9/h2,4,6-8,16H,3,5H2,1H3. The van der Waals surface area contributed by atoms with Gasteiger partial charge < -0.3 is 4.42 Å². The van der Waals surface area contributed by atoms with Gasteiger partial charge >= 0.3 is 0 Å². The number of nitrogens with one attached hydrogen (secondary N) is 1.